The molecule has 8 nitrogen and oxygen atoms in total. The fourth-order valence-corrected chi connectivity index (χ4v) is 3.07. The molecule has 1 saturated heterocycles. The monoisotopic (exact) mass is 343 g/mol. The van der Waals surface area contributed by atoms with Crippen LogP contribution in [0.4, 0.5) is 5.82 Å². The number of nitrogens with one attached hydrogen (secondary N) is 2. The highest BCUT2D eigenvalue weighted by Crippen LogP contribution is 2.14. The summed E-state index contributed by atoms with van der Waals surface area (Å²) in [4.78, 5) is 44.8. The van der Waals surface area contributed by atoms with E-state index in [0.717, 1.165) is 19.4 Å². The van der Waals surface area contributed by atoms with Crippen molar-refractivity contribution < 1.29 is 4.79 Å². The maximum absolute atomic E-state index is 12.3. The Hall–Kier alpha value is -2.90. The summed E-state index contributed by atoms with van der Waals surface area (Å²) < 4.78 is 1.40. The Kier molecular flexibility index (Phi) is 4.97. The molecule has 8 heteroatoms. The molecule has 0 aromatic carbocycles. The molecule has 0 aliphatic carbocycles. The molecule has 2 aromatic heterocycles. The molecule has 25 heavy (non-hydrogen) atoms. The molecule has 1 atom stereocenters. The number of anilines is 1. The fraction of sp³-hybridized carbons (Fsp3) is 0.412. The number of pyridine rings is 1. The second-order valence-corrected chi connectivity index (χ2v) is 6.22. The van der Waals surface area contributed by atoms with Gasteiger partial charge in [0.25, 0.3) is 11.1 Å². The molecule has 0 unspecified atom stereocenters. The molecule has 1 amide bonds. The van der Waals surface area contributed by atoms with Crippen molar-refractivity contribution in [1.29, 1.82) is 0 Å². The summed E-state index contributed by atoms with van der Waals surface area (Å²) in [6, 6.07) is 3.39. The first-order chi connectivity index (χ1) is 12.0. The van der Waals surface area contributed by atoms with Crippen molar-refractivity contribution in [3.63, 3.8) is 0 Å². The number of rotatable bonds is 4. The predicted octanol–water partition coefficient (Wildman–Crippen LogP) is 0.0252. The molecule has 0 spiro atoms. The van der Waals surface area contributed by atoms with Crippen molar-refractivity contribution in [2.75, 3.05) is 18.0 Å². The minimum atomic E-state index is -0.235. The van der Waals surface area contributed by atoms with Crippen molar-refractivity contribution in [2.45, 2.75) is 32.4 Å². The van der Waals surface area contributed by atoms with E-state index in [9.17, 15) is 14.4 Å². The summed E-state index contributed by atoms with van der Waals surface area (Å²) >= 11 is 0. The molecule has 2 aromatic rings. The van der Waals surface area contributed by atoms with Crippen LogP contribution in [0.15, 0.2) is 40.3 Å². The minimum absolute atomic E-state index is 0.0127. The van der Waals surface area contributed by atoms with E-state index >= 15 is 0 Å². The fourth-order valence-electron chi connectivity index (χ4n) is 3.07. The second kappa shape index (κ2) is 7.33. The average Bonchev–Trinajstić information content (AvgIpc) is 2.59. The molecule has 1 fully saturated rings. The van der Waals surface area contributed by atoms with Crippen LogP contribution < -0.4 is 21.3 Å². The first-order valence-electron chi connectivity index (χ1n) is 8.28. The highest BCUT2D eigenvalue weighted by atomic mass is 16.2. The summed E-state index contributed by atoms with van der Waals surface area (Å²) in [5.74, 6) is 0.158. The van der Waals surface area contributed by atoms with E-state index in [-0.39, 0.29) is 29.6 Å². The first kappa shape index (κ1) is 16.9. The van der Waals surface area contributed by atoms with Crippen LogP contribution in [0.3, 0.4) is 0 Å². The van der Waals surface area contributed by atoms with E-state index in [1.165, 1.54) is 10.8 Å². The lowest BCUT2D eigenvalue weighted by Crippen LogP contribution is -2.50. The number of carbonyl (C=O) groups is 1. The lowest BCUT2D eigenvalue weighted by atomic mass is 10.1. The number of hydrogen-bond acceptors (Lipinski definition) is 5. The van der Waals surface area contributed by atoms with Crippen LogP contribution in [0.25, 0.3) is 0 Å². The van der Waals surface area contributed by atoms with Gasteiger partial charge < -0.3 is 19.8 Å². The Morgan fingerprint density at radius 2 is 2.28 bits per heavy atom. The van der Waals surface area contributed by atoms with Gasteiger partial charge >= 0.3 is 0 Å². The number of aromatic nitrogens is 3. The van der Waals surface area contributed by atoms with Gasteiger partial charge in [-0.15, -0.1) is 0 Å². The lowest BCUT2D eigenvalue weighted by molar-refractivity contribution is -0.122. The molecule has 1 aliphatic rings. The normalized spacial score (nSPS) is 17.3. The molecule has 0 radical (unpaired) electrons. The van der Waals surface area contributed by atoms with Crippen LogP contribution >= 0.6 is 0 Å². The third-order valence-electron chi connectivity index (χ3n) is 4.30. The van der Waals surface area contributed by atoms with Gasteiger partial charge in [0.1, 0.15) is 6.54 Å². The van der Waals surface area contributed by atoms with Crippen molar-refractivity contribution in [2.24, 2.45) is 0 Å². The maximum atomic E-state index is 12.3. The van der Waals surface area contributed by atoms with Gasteiger partial charge in [0.2, 0.25) is 5.91 Å². The SMILES string of the molecule is Cc1cccn(CC(=O)N[C@@H]2CCCN(c3ncc[nH]c3=O)C2)c1=O. The van der Waals surface area contributed by atoms with Crippen LogP contribution in [0.5, 0.6) is 0 Å². The van der Waals surface area contributed by atoms with Crippen LogP contribution in [0.2, 0.25) is 0 Å². The second-order valence-electron chi connectivity index (χ2n) is 6.22. The number of nitrogens with zero attached hydrogens (tertiary/aromatic N) is 3. The van der Waals surface area contributed by atoms with Gasteiger partial charge in [-0.3, -0.25) is 14.4 Å². The van der Waals surface area contributed by atoms with Gasteiger partial charge in [-0.1, -0.05) is 6.07 Å². The quantitative estimate of drug-likeness (QED) is 0.815. The summed E-state index contributed by atoms with van der Waals surface area (Å²) in [5, 5.41) is 2.95. The van der Waals surface area contributed by atoms with E-state index in [1.807, 2.05) is 4.90 Å². The van der Waals surface area contributed by atoms with E-state index in [4.69, 9.17) is 0 Å². The zero-order chi connectivity index (χ0) is 17.8. The average molecular weight is 343 g/mol. The maximum Gasteiger partial charge on any atom is 0.290 e. The van der Waals surface area contributed by atoms with Gasteiger partial charge in [0, 0.05) is 43.3 Å². The smallest absolute Gasteiger partial charge is 0.290 e. The number of piperidine rings is 1. The zero-order valence-electron chi connectivity index (χ0n) is 14.1. The van der Waals surface area contributed by atoms with Crippen molar-refractivity contribution in [3.05, 3.63) is 57.0 Å². The Morgan fingerprint density at radius 3 is 3.08 bits per heavy atom. The van der Waals surface area contributed by atoms with Crippen LogP contribution in [-0.2, 0) is 11.3 Å². The predicted molar refractivity (Wildman–Crippen MR) is 93.7 cm³/mol. The number of aryl methyl sites for hydroxylation is 1. The summed E-state index contributed by atoms with van der Waals surface area (Å²) in [7, 11) is 0. The summed E-state index contributed by atoms with van der Waals surface area (Å²) in [6.45, 7) is 2.96. The molecule has 2 N–H and O–H groups in total. The molecule has 3 heterocycles. The molecule has 1 aliphatic heterocycles. The van der Waals surface area contributed by atoms with Crippen molar-refractivity contribution in [3.8, 4) is 0 Å². The first-order valence-corrected chi connectivity index (χ1v) is 8.28. The van der Waals surface area contributed by atoms with E-state index in [0.29, 0.717) is 17.9 Å². The number of aromatic amines is 1. The van der Waals surface area contributed by atoms with Gasteiger partial charge in [-0.25, -0.2) is 4.98 Å². The number of carbonyl (C=O) groups excluding carboxylic acids is 1. The Morgan fingerprint density at radius 1 is 1.44 bits per heavy atom. The molecular formula is C17H21N5O3. The number of amides is 1. The molecule has 0 bridgehead atoms. The third kappa shape index (κ3) is 3.96. The van der Waals surface area contributed by atoms with Crippen LogP contribution in [-0.4, -0.2) is 39.6 Å². The summed E-state index contributed by atoms with van der Waals surface area (Å²) in [6.07, 6.45) is 6.33. The topological polar surface area (TPSA) is 100 Å². The van der Waals surface area contributed by atoms with Gasteiger partial charge in [0.05, 0.1) is 0 Å². The largest absolute Gasteiger partial charge is 0.350 e. The highest BCUT2D eigenvalue weighted by molar-refractivity contribution is 5.76. The van der Waals surface area contributed by atoms with Crippen molar-refractivity contribution >= 4 is 11.7 Å². The van der Waals surface area contributed by atoms with Crippen LogP contribution in [0, 0.1) is 6.92 Å². The van der Waals surface area contributed by atoms with Gasteiger partial charge in [-0.2, -0.15) is 0 Å². The van der Waals surface area contributed by atoms with Gasteiger partial charge in [0.15, 0.2) is 5.82 Å². The molecule has 3 rings (SSSR count). The highest BCUT2D eigenvalue weighted by Gasteiger charge is 2.23. The molecule has 132 valence electrons. The van der Waals surface area contributed by atoms with Crippen LogP contribution in [0.1, 0.15) is 18.4 Å². The van der Waals surface area contributed by atoms with E-state index < -0.39 is 0 Å². The van der Waals surface area contributed by atoms with E-state index in [2.05, 4.69) is 15.3 Å². The standard InChI is InChI=1S/C17H21N5O3/c1-12-4-2-9-22(17(12)25)11-14(23)20-13-5-3-8-21(10-13)15-16(24)19-7-6-18-15/h2,4,6-7,9,13H,3,5,8,10-11H2,1H3,(H,19,24)(H,20,23)/t13-/m1/s1. The zero-order valence-corrected chi connectivity index (χ0v) is 14.1. The Balaban J connectivity index is 1.64. The minimum Gasteiger partial charge on any atom is -0.350 e. The lowest BCUT2D eigenvalue weighted by Gasteiger charge is -2.33. The summed E-state index contributed by atoms with van der Waals surface area (Å²) in [5.41, 5.74) is 0.206. The third-order valence-corrected chi connectivity index (χ3v) is 4.30. The molecule has 0 saturated carbocycles. The number of hydrogen-bond donors (Lipinski definition) is 2. The number of H-pyrrole nitrogens is 1. The Labute approximate surface area is 144 Å². The van der Waals surface area contributed by atoms with E-state index in [1.54, 1.807) is 31.5 Å². The van der Waals surface area contributed by atoms with Crippen molar-refractivity contribution in [1.82, 2.24) is 19.9 Å². The Bertz CT molecular complexity index is 873. The molecular weight excluding hydrogens is 322 g/mol. The van der Waals surface area contributed by atoms with Gasteiger partial charge in [-0.05, 0) is 25.8 Å².